The van der Waals surface area contributed by atoms with Crippen molar-refractivity contribution < 1.29 is 19.0 Å². The highest BCUT2D eigenvalue weighted by molar-refractivity contribution is 6.32. The summed E-state index contributed by atoms with van der Waals surface area (Å²) < 4.78 is 16.3. The molecule has 1 fully saturated rings. The van der Waals surface area contributed by atoms with Crippen LogP contribution in [0.15, 0.2) is 12.1 Å². The molecule has 1 aliphatic carbocycles. The number of halogens is 1. The van der Waals surface area contributed by atoms with Crippen molar-refractivity contribution in [1.82, 2.24) is 0 Å². The van der Waals surface area contributed by atoms with E-state index in [1.165, 1.54) is 65.6 Å². The summed E-state index contributed by atoms with van der Waals surface area (Å²) in [6, 6.07) is 3.27. The Bertz CT molecular complexity index is 594. The van der Waals surface area contributed by atoms with Gasteiger partial charge in [-0.2, -0.15) is 0 Å². The lowest BCUT2D eigenvalue weighted by molar-refractivity contribution is 0.0961. The van der Waals surface area contributed by atoms with E-state index < -0.39 is 6.09 Å². The normalized spacial score (nSPS) is 17.5. The van der Waals surface area contributed by atoms with Crippen LogP contribution in [-0.2, 0) is 4.74 Å². The van der Waals surface area contributed by atoms with E-state index in [1.807, 2.05) is 0 Å². The SMILES string of the molecule is COc1cc(OC)c(NC(=O)OC2CCCCCCCCCCCC2)cc1Cl. The second-order valence-electron chi connectivity index (χ2n) is 7.45. The number of hydrogen-bond acceptors (Lipinski definition) is 4. The van der Waals surface area contributed by atoms with E-state index in [1.54, 1.807) is 12.1 Å². The number of benzene rings is 1. The van der Waals surface area contributed by atoms with Crippen LogP contribution >= 0.6 is 11.6 Å². The number of hydrogen-bond donors (Lipinski definition) is 1. The van der Waals surface area contributed by atoms with Crippen LogP contribution in [0.5, 0.6) is 11.5 Å². The van der Waals surface area contributed by atoms with Crippen LogP contribution in [0.1, 0.15) is 77.0 Å². The lowest BCUT2D eigenvalue weighted by atomic mass is 10.0. The van der Waals surface area contributed by atoms with E-state index in [-0.39, 0.29) is 6.10 Å². The van der Waals surface area contributed by atoms with Gasteiger partial charge in [0, 0.05) is 6.07 Å². The van der Waals surface area contributed by atoms with Crippen LogP contribution < -0.4 is 14.8 Å². The zero-order valence-electron chi connectivity index (χ0n) is 17.2. The first-order chi connectivity index (χ1) is 13.6. The zero-order valence-corrected chi connectivity index (χ0v) is 18.0. The number of carbonyl (C=O) groups is 1. The number of anilines is 1. The molecule has 5 nitrogen and oxygen atoms in total. The number of carbonyl (C=O) groups excluding carboxylic acids is 1. The monoisotopic (exact) mass is 411 g/mol. The lowest BCUT2D eigenvalue weighted by Crippen LogP contribution is -2.23. The Morgan fingerprint density at radius 3 is 1.86 bits per heavy atom. The van der Waals surface area contributed by atoms with Gasteiger partial charge in [-0.15, -0.1) is 0 Å². The maximum atomic E-state index is 12.5. The molecule has 1 aliphatic rings. The number of methoxy groups -OCH3 is 2. The molecule has 0 spiro atoms. The van der Waals surface area contributed by atoms with Crippen LogP contribution in [0.4, 0.5) is 10.5 Å². The van der Waals surface area contributed by atoms with Crippen molar-refractivity contribution in [2.24, 2.45) is 0 Å². The third-order valence-electron chi connectivity index (χ3n) is 5.29. The summed E-state index contributed by atoms with van der Waals surface area (Å²) >= 11 is 6.18. The van der Waals surface area contributed by atoms with E-state index in [0.29, 0.717) is 22.2 Å². The van der Waals surface area contributed by atoms with E-state index in [0.717, 1.165) is 25.7 Å². The first kappa shape index (κ1) is 22.7. The van der Waals surface area contributed by atoms with Crippen molar-refractivity contribution in [2.75, 3.05) is 19.5 Å². The highest BCUT2D eigenvalue weighted by Crippen LogP contribution is 2.36. The Kier molecular flexibility index (Phi) is 10.3. The van der Waals surface area contributed by atoms with Crippen molar-refractivity contribution >= 4 is 23.4 Å². The fraction of sp³-hybridized carbons (Fsp3) is 0.682. The second kappa shape index (κ2) is 12.8. The summed E-state index contributed by atoms with van der Waals surface area (Å²) in [6.07, 6.45) is 13.9. The van der Waals surface area contributed by atoms with Gasteiger partial charge in [0.25, 0.3) is 0 Å². The molecule has 0 saturated heterocycles. The van der Waals surface area contributed by atoms with Crippen molar-refractivity contribution in [3.63, 3.8) is 0 Å². The van der Waals surface area contributed by atoms with Gasteiger partial charge in [-0.05, 0) is 31.7 Å². The second-order valence-corrected chi connectivity index (χ2v) is 7.86. The first-order valence-corrected chi connectivity index (χ1v) is 10.9. The molecule has 0 aliphatic heterocycles. The number of rotatable bonds is 4. The van der Waals surface area contributed by atoms with Gasteiger partial charge >= 0.3 is 6.09 Å². The maximum Gasteiger partial charge on any atom is 0.412 e. The molecule has 0 radical (unpaired) electrons. The average Bonchev–Trinajstić information content (AvgIpc) is 2.70. The van der Waals surface area contributed by atoms with E-state index in [9.17, 15) is 4.79 Å². The summed E-state index contributed by atoms with van der Waals surface area (Å²) in [5, 5.41) is 3.17. The van der Waals surface area contributed by atoms with Crippen molar-refractivity contribution in [1.29, 1.82) is 0 Å². The molecule has 1 saturated carbocycles. The van der Waals surface area contributed by atoms with Gasteiger partial charge in [0.05, 0.1) is 24.9 Å². The summed E-state index contributed by atoms with van der Waals surface area (Å²) in [5.74, 6) is 0.973. The summed E-state index contributed by atoms with van der Waals surface area (Å²) in [4.78, 5) is 12.5. The predicted octanol–water partition coefficient (Wildman–Crippen LogP) is 6.97. The lowest BCUT2D eigenvalue weighted by Gasteiger charge is -2.19. The Morgan fingerprint density at radius 1 is 0.857 bits per heavy atom. The summed E-state index contributed by atoms with van der Waals surface area (Å²) in [5.41, 5.74) is 0.475. The molecule has 0 aromatic heterocycles. The van der Waals surface area contributed by atoms with Gasteiger partial charge in [0.15, 0.2) is 0 Å². The molecule has 0 bridgehead atoms. The molecule has 0 atom stereocenters. The minimum Gasteiger partial charge on any atom is -0.495 e. The Morgan fingerprint density at radius 2 is 1.36 bits per heavy atom. The third kappa shape index (κ3) is 7.78. The molecule has 1 aromatic rings. The molecule has 6 heteroatoms. The molecule has 0 heterocycles. The average molecular weight is 412 g/mol. The van der Waals surface area contributed by atoms with Gasteiger partial charge in [-0.3, -0.25) is 5.32 Å². The van der Waals surface area contributed by atoms with Crippen molar-refractivity contribution in [2.45, 2.75) is 83.2 Å². The first-order valence-electron chi connectivity index (χ1n) is 10.5. The Hall–Kier alpha value is -1.62. The van der Waals surface area contributed by atoms with Crippen LogP contribution in [-0.4, -0.2) is 26.4 Å². The van der Waals surface area contributed by atoms with Crippen molar-refractivity contribution in [3.8, 4) is 11.5 Å². The van der Waals surface area contributed by atoms with Gasteiger partial charge in [-0.25, -0.2) is 4.79 Å². The molecular formula is C22H34ClNO4. The highest BCUT2D eigenvalue weighted by Gasteiger charge is 2.17. The van der Waals surface area contributed by atoms with Crippen LogP contribution in [0.3, 0.4) is 0 Å². The van der Waals surface area contributed by atoms with Gasteiger partial charge < -0.3 is 14.2 Å². The standard InChI is InChI=1S/C22H34ClNO4/c1-26-20-16-21(27-2)19(15-18(20)23)24-22(25)28-17-13-11-9-7-5-3-4-6-8-10-12-14-17/h15-17H,3-14H2,1-2H3,(H,24,25). The zero-order chi connectivity index (χ0) is 20.2. The molecule has 2 rings (SSSR count). The maximum absolute atomic E-state index is 12.5. The van der Waals surface area contributed by atoms with Gasteiger partial charge in [0.2, 0.25) is 0 Å². The molecule has 158 valence electrons. The number of amides is 1. The number of ether oxygens (including phenoxy) is 3. The fourth-order valence-corrected chi connectivity index (χ4v) is 3.91. The van der Waals surface area contributed by atoms with Crippen LogP contribution in [0, 0.1) is 0 Å². The Balaban J connectivity index is 1.94. The predicted molar refractivity (Wildman–Crippen MR) is 114 cm³/mol. The molecule has 1 N–H and O–H groups in total. The molecule has 1 aromatic carbocycles. The minimum absolute atomic E-state index is 0.0412. The quantitative estimate of drug-likeness (QED) is 0.581. The summed E-state index contributed by atoms with van der Waals surface area (Å²) in [7, 11) is 3.07. The number of nitrogens with one attached hydrogen (secondary N) is 1. The Labute approximate surface area is 174 Å². The smallest absolute Gasteiger partial charge is 0.412 e. The van der Waals surface area contributed by atoms with E-state index in [2.05, 4.69) is 5.32 Å². The third-order valence-corrected chi connectivity index (χ3v) is 5.58. The topological polar surface area (TPSA) is 56.8 Å². The van der Waals surface area contributed by atoms with E-state index in [4.69, 9.17) is 25.8 Å². The van der Waals surface area contributed by atoms with Crippen LogP contribution in [0.25, 0.3) is 0 Å². The van der Waals surface area contributed by atoms with Crippen molar-refractivity contribution in [3.05, 3.63) is 17.2 Å². The largest absolute Gasteiger partial charge is 0.495 e. The minimum atomic E-state index is -0.464. The van der Waals surface area contributed by atoms with Gasteiger partial charge in [-0.1, -0.05) is 63.0 Å². The molecule has 1 amide bonds. The molecule has 0 unspecified atom stereocenters. The van der Waals surface area contributed by atoms with E-state index >= 15 is 0 Å². The molecular weight excluding hydrogens is 378 g/mol. The fourth-order valence-electron chi connectivity index (χ4n) is 3.67. The summed E-state index contributed by atoms with van der Waals surface area (Å²) in [6.45, 7) is 0. The van der Waals surface area contributed by atoms with Crippen LogP contribution in [0.2, 0.25) is 5.02 Å². The molecule has 28 heavy (non-hydrogen) atoms. The van der Waals surface area contributed by atoms with Gasteiger partial charge in [0.1, 0.15) is 17.6 Å². The highest BCUT2D eigenvalue weighted by atomic mass is 35.5.